The lowest BCUT2D eigenvalue weighted by molar-refractivity contribution is -0.121. The van der Waals surface area contributed by atoms with Gasteiger partial charge < -0.3 is 11.1 Å². The average Bonchev–Trinajstić information content (AvgIpc) is 2.01. The van der Waals surface area contributed by atoms with Crippen molar-refractivity contribution in [1.29, 1.82) is 0 Å². The van der Waals surface area contributed by atoms with E-state index >= 15 is 0 Å². The Kier molecular flexibility index (Phi) is 7.99. The Morgan fingerprint density at radius 2 is 2.00 bits per heavy atom. The van der Waals surface area contributed by atoms with Crippen molar-refractivity contribution in [2.75, 3.05) is 11.5 Å². The van der Waals surface area contributed by atoms with Crippen molar-refractivity contribution in [2.45, 2.75) is 45.7 Å². The number of carbonyl (C=O) groups is 1. The second-order valence-electron chi connectivity index (χ2n) is 3.85. The quantitative estimate of drug-likeness (QED) is 0.635. The Hall–Kier alpha value is -0.220. The minimum atomic E-state index is 0.147. The summed E-state index contributed by atoms with van der Waals surface area (Å²) in [6.45, 7) is 5.95. The van der Waals surface area contributed by atoms with Gasteiger partial charge >= 0.3 is 0 Å². The molecule has 4 heteroatoms. The highest BCUT2D eigenvalue weighted by molar-refractivity contribution is 7.99. The second kappa shape index (κ2) is 8.12. The van der Waals surface area contributed by atoms with Gasteiger partial charge in [0.15, 0.2) is 0 Å². The topological polar surface area (TPSA) is 55.1 Å². The largest absolute Gasteiger partial charge is 0.354 e. The minimum absolute atomic E-state index is 0.147. The molecule has 3 nitrogen and oxygen atoms in total. The predicted molar refractivity (Wildman–Crippen MR) is 63.5 cm³/mol. The third-order valence-electron chi connectivity index (χ3n) is 1.64. The third kappa shape index (κ3) is 9.86. The van der Waals surface area contributed by atoms with Crippen LogP contribution in [0.5, 0.6) is 0 Å². The molecule has 1 unspecified atom stereocenters. The van der Waals surface area contributed by atoms with E-state index in [1.54, 1.807) is 11.8 Å². The van der Waals surface area contributed by atoms with Gasteiger partial charge in [-0.1, -0.05) is 0 Å². The molecule has 0 rings (SSSR count). The highest BCUT2D eigenvalue weighted by atomic mass is 32.2. The Balaban J connectivity index is 3.23. The Morgan fingerprint density at radius 1 is 1.36 bits per heavy atom. The molecule has 0 aliphatic carbocycles. The first-order chi connectivity index (χ1) is 6.52. The number of nitrogens with two attached hydrogens (primary N) is 1. The van der Waals surface area contributed by atoms with Gasteiger partial charge in [0, 0.05) is 24.3 Å². The molecule has 0 saturated heterocycles. The molecule has 0 aromatic rings. The molecule has 0 aromatic carbocycles. The molecule has 0 saturated carbocycles. The highest BCUT2D eigenvalue weighted by Crippen LogP contribution is 2.05. The summed E-state index contributed by atoms with van der Waals surface area (Å²) >= 11 is 1.80. The first kappa shape index (κ1) is 13.8. The van der Waals surface area contributed by atoms with Gasteiger partial charge in [-0.3, -0.25) is 4.79 Å². The molecule has 0 radical (unpaired) electrons. The molecule has 0 aromatic heterocycles. The number of thioether (sulfide) groups is 1. The molecule has 84 valence electrons. The number of nitrogens with one attached hydrogen (secondary N) is 1. The Morgan fingerprint density at radius 3 is 2.50 bits per heavy atom. The fourth-order valence-electron chi connectivity index (χ4n) is 0.930. The summed E-state index contributed by atoms with van der Waals surface area (Å²) in [5.74, 6) is 2.09. The van der Waals surface area contributed by atoms with Crippen LogP contribution in [-0.2, 0) is 4.79 Å². The lowest BCUT2D eigenvalue weighted by Crippen LogP contribution is -2.30. The molecule has 1 atom stereocenters. The minimum Gasteiger partial charge on any atom is -0.354 e. The van der Waals surface area contributed by atoms with Crippen molar-refractivity contribution in [3.05, 3.63) is 0 Å². The van der Waals surface area contributed by atoms with Crippen molar-refractivity contribution >= 4 is 17.7 Å². The van der Waals surface area contributed by atoms with Crippen LogP contribution < -0.4 is 11.1 Å². The van der Waals surface area contributed by atoms with Gasteiger partial charge in [0.1, 0.15) is 0 Å². The average molecular weight is 218 g/mol. The van der Waals surface area contributed by atoms with Gasteiger partial charge in [0.05, 0.1) is 0 Å². The Labute approximate surface area is 91.2 Å². The molecule has 0 spiro atoms. The standard InChI is InChI=1S/C10H22N2OS/c1-8(2)12-10(13)5-7-14-6-4-9(3)11/h8-9H,4-7,11H2,1-3H3,(H,12,13). The van der Waals surface area contributed by atoms with Crippen molar-refractivity contribution in [2.24, 2.45) is 5.73 Å². The molecule has 0 heterocycles. The molecule has 3 N–H and O–H groups in total. The van der Waals surface area contributed by atoms with E-state index in [9.17, 15) is 4.79 Å². The van der Waals surface area contributed by atoms with Crippen LogP contribution in [0.2, 0.25) is 0 Å². The highest BCUT2D eigenvalue weighted by Gasteiger charge is 2.02. The fourth-order valence-corrected chi connectivity index (χ4v) is 2.00. The summed E-state index contributed by atoms with van der Waals surface area (Å²) in [5, 5.41) is 2.87. The Bertz CT molecular complexity index is 160. The lowest BCUT2D eigenvalue weighted by Gasteiger charge is -2.08. The van der Waals surface area contributed by atoms with Gasteiger partial charge in [-0.05, 0) is 32.9 Å². The van der Waals surface area contributed by atoms with Crippen LogP contribution in [0.25, 0.3) is 0 Å². The number of hydrogen-bond acceptors (Lipinski definition) is 3. The predicted octanol–water partition coefficient (Wildman–Crippen LogP) is 1.37. The van der Waals surface area contributed by atoms with Crippen LogP contribution >= 0.6 is 11.8 Å². The van der Waals surface area contributed by atoms with Gasteiger partial charge in [0.25, 0.3) is 0 Å². The summed E-state index contributed by atoms with van der Waals surface area (Å²) in [6.07, 6.45) is 1.64. The van der Waals surface area contributed by atoms with E-state index in [0.717, 1.165) is 17.9 Å². The van der Waals surface area contributed by atoms with E-state index in [-0.39, 0.29) is 18.0 Å². The molecule has 0 aliphatic heterocycles. The molecule has 0 aliphatic rings. The smallest absolute Gasteiger partial charge is 0.221 e. The summed E-state index contributed by atoms with van der Waals surface area (Å²) in [5.41, 5.74) is 5.61. The summed E-state index contributed by atoms with van der Waals surface area (Å²) in [4.78, 5) is 11.2. The van der Waals surface area contributed by atoms with Crippen LogP contribution in [-0.4, -0.2) is 29.5 Å². The molecule has 14 heavy (non-hydrogen) atoms. The first-order valence-electron chi connectivity index (χ1n) is 5.15. The number of amides is 1. The SMILES string of the molecule is CC(N)CCSCCC(=O)NC(C)C. The molecule has 0 fully saturated rings. The number of rotatable bonds is 7. The van der Waals surface area contributed by atoms with Crippen molar-refractivity contribution < 1.29 is 4.79 Å². The summed E-state index contributed by atoms with van der Waals surface area (Å²) in [6, 6.07) is 0.517. The van der Waals surface area contributed by atoms with Crippen LogP contribution in [0.15, 0.2) is 0 Å². The van der Waals surface area contributed by atoms with Crippen molar-refractivity contribution in [1.82, 2.24) is 5.32 Å². The zero-order valence-electron chi connectivity index (χ0n) is 9.38. The normalized spacial score (nSPS) is 12.9. The first-order valence-corrected chi connectivity index (χ1v) is 6.30. The van der Waals surface area contributed by atoms with Crippen LogP contribution in [0.1, 0.15) is 33.6 Å². The second-order valence-corrected chi connectivity index (χ2v) is 5.08. The zero-order chi connectivity index (χ0) is 11.0. The van der Waals surface area contributed by atoms with Crippen molar-refractivity contribution in [3.63, 3.8) is 0 Å². The van der Waals surface area contributed by atoms with Crippen molar-refractivity contribution in [3.8, 4) is 0 Å². The number of carbonyl (C=O) groups excluding carboxylic acids is 1. The van der Waals surface area contributed by atoms with E-state index in [0.29, 0.717) is 6.42 Å². The fraction of sp³-hybridized carbons (Fsp3) is 0.900. The van der Waals surface area contributed by atoms with Gasteiger partial charge in [0.2, 0.25) is 5.91 Å². The van der Waals surface area contributed by atoms with E-state index < -0.39 is 0 Å². The maximum atomic E-state index is 11.2. The van der Waals surface area contributed by atoms with E-state index in [1.165, 1.54) is 0 Å². The van der Waals surface area contributed by atoms with E-state index in [2.05, 4.69) is 5.32 Å². The maximum Gasteiger partial charge on any atom is 0.221 e. The van der Waals surface area contributed by atoms with E-state index in [1.807, 2.05) is 20.8 Å². The monoisotopic (exact) mass is 218 g/mol. The number of hydrogen-bond donors (Lipinski definition) is 2. The maximum absolute atomic E-state index is 11.2. The lowest BCUT2D eigenvalue weighted by atomic mass is 10.3. The van der Waals surface area contributed by atoms with Crippen LogP contribution in [0.3, 0.4) is 0 Å². The molecular weight excluding hydrogens is 196 g/mol. The van der Waals surface area contributed by atoms with Gasteiger partial charge in [-0.15, -0.1) is 0 Å². The molecular formula is C10H22N2OS. The molecule has 0 bridgehead atoms. The third-order valence-corrected chi connectivity index (χ3v) is 2.66. The van der Waals surface area contributed by atoms with Crippen LogP contribution in [0, 0.1) is 0 Å². The van der Waals surface area contributed by atoms with Gasteiger partial charge in [-0.2, -0.15) is 11.8 Å². The summed E-state index contributed by atoms with van der Waals surface area (Å²) in [7, 11) is 0. The summed E-state index contributed by atoms with van der Waals surface area (Å²) < 4.78 is 0. The molecule has 1 amide bonds. The van der Waals surface area contributed by atoms with Crippen LogP contribution in [0.4, 0.5) is 0 Å². The zero-order valence-corrected chi connectivity index (χ0v) is 10.2. The van der Waals surface area contributed by atoms with Gasteiger partial charge in [-0.25, -0.2) is 0 Å². The van der Waals surface area contributed by atoms with E-state index in [4.69, 9.17) is 5.73 Å².